The van der Waals surface area contributed by atoms with Crippen LogP contribution in [0, 0.1) is 0 Å². The molecule has 0 aliphatic carbocycles. The van der Waals surface area contributed by atoms with Gasteiger partial charge >= 0.3 is 0 Å². The number of unbranched alkanes of at least 4 members (excludes halogenated alkanes) is 3. The highest BCUT2D eigenvalue weighted by atomic mass is 15.2. The second-order valence-corrected chi connectivity index (χ2v) is 4.05. The Morgan fingerprint density at radius 3 is 3.00 bits per heavy atom. The lowest BCUT2D eigenvalue weighted by atomic mass is 10.2. The molecule has 0 amide bonds. The lowest BCUT2D eigenvalue weighted by Gasteiger charge is -2.05. The zero-order valence-electron chi connectivity index (χ0n) is 9.69. The molecule has 2 aromatic heterocycles. The van der Waals surface area contributed by atoms with Crippen LogP contribution in [0.15, 0.2) is 18.5 Å². The van der Waals surface area contributed by atoms with E-state index in [-0.39, 0.29) is 0 Å². The van der Waals surface area contributed by atoms with Crippen molar-refractivity contribution in [1.29, 1.82) is 0 Å². The van der Waals surface area contributed by atoms with E-state index in [1.807, 2.05) is 6.07 Å². The molecule has 0 saturated carbocycles. The number of imidazole rings is 1. The molecular weight excluding hydrogens is 200 g/mol. The standard InChI is InChI=1S/C12H18N4/c1-2-3-4-5-8-16-11-6-7-14-9-10(11)15-12(16)13/h6-7,9H,2-5,8H2,1H3,(H2,13,15). The number of rotatable bonds is 5. The van der Waals surface area contributed by atoms with E-state index in [1.165, 1.54) is 19.3 Å². The van der Waals surface area contributed by atoms with Gasteiger partial charge in [0.25, 0.3) is 0 Å². The Bertz CT molecular complexity index is 461. The zero-order valence-corrected chi connectivity index (χ0v) is 9.69. The summed E-state index contributed by atoms with van der Waals surface area (Å²) >= 11 is 0. The molecule has 2 rings (SSSR count). The highest BCUT2D eigenvalue weighted by molar-refractivity contribution is 5.76. The average Bonchev–Trinajstić information content (AvgIpc) is 2.61. The number of nitrogens with two attached hydrogens (primary N) is 1. The van der Waals surface area contributed by atoms with Crippen molar-refractivity contribution in [3.05, 3.63) is 18.5 Å². The van der Waals surface area contributed by atoms with Crippen LogP contribution in [-0.2, 0) is 6.54 Å². The van der Waals surface area contributed by atoms with Crippen molar-refractivity contribution in [2.45, 2.75) is 39.2 Å². The molecule has 0 aliphatic heterocycles. The molecule has 0 spiro atoms. The maximum absolute atomic E-state index is 5.89. The van der Waals surface area contributed by atoms with Gasteiger partial charge in [0.15, 0.2) is 0 Å². The molecule has 16 heavy (non-hydrogen) atoms. The molecule has 0 saturated heterocycles. The lowest BCUT2D eigenvalue weighted by molar-refractivity contribution is 0.595. The van der Waals surface area contributed by atoms with Crippen LogP contribution in [0.2, 0.25) is 0 Å². The number of aromatic nitrogens is 3. The molecule has 2 heterocycles. The van der Waals surface area contributed by atoms with Gasteiger partial charge in [-0.15, -0.1) is 0 Å². The first-order valence-corrected chi connectivity index (χ1v) is 5.88. The predicted molar refractivity (Wildman–Crippen MR) is 66.1 cm³/mol. The summed E-state index contributed by atoms with van der Waals surface area (Å²) in [4.78, 5) is 8.34. The second kappa shape index (κ2) is 4.96. The molecule has 86 valence electrons. The third-order valence-electron chi connectivity index (χ3n) is 2.82. The average molecular weight is 218 g/mol. The van der Waals surface area contributed by atoms with Crippen molar-refractivity contribution < 1.29 is 0 Å². The van der Waals surface area contributed by atoms with E-state index in [0.29, 0.717) is 5.95 Å². The maximum atomic E-state index is 5.89. The predicted octanol–water partition coefficient (Wildman–Crippen LogP) is 2.59. The number of aryl methyl sites for hydroxylation is 1. The third kappa shape index (κ3) is 2.15. The van der Waals surface area contributed by atoms with Gasteiger partial charge in [-0.3, -0.25) is 4.98 Å². The van der Waals surface area contributed by atoms with E-state index in [2.05, 4.69) is 21.5 Å². The third-order valence-corrected chi connectivity index (χ3v) is 2.82. The van der Waals surface area contributed by atoms with Crippen LogP contribution in [0.25, 0.3) is 11.0 Å². The number of hydrogen-bond acceptors (Lipinski definition) is 3. The normalized spacial score (nSPS) is 11.1. The van der Waals surface area contributed by atoms with Crippen molar-refractivity contribution in [2.75, 3.05) is 5.73 Å². The van der Waals surface area contributed by atoms with Crippen LogP contribution in [0.4, 0.5) is 5.95 Å². The summed E-state index contributed by atoms with van der Waals surface area (Å²) in [6.07, 6.45) is 8.49. The van der Waals surface area contributed by atoms with E-state index < -0.39 is 0 Å². The van der Waals surface area contributed by atoms with Gasteiger partial charge < -0.3 is 10.3 Å². The first-order chi connectivity index (χ1) is 7.83. The van der Waals surface area contributed by atoms with E-state index in [1.54, 1.807) is 12.4 Å². The molecule has 2 N–H and O–H groups in total. The molecule has 0 atom stereocenters. The fourth-order valence-electron chi connectivity index (χ4n) is 1.93. The van der Waals surface area contributed by atoms with Crippen LogP contribution >= 0.6 is 0 Å². The first-order valence-electron chi connectivity index (χ1n) is 5.88. The molecule has 4 nitrogen and oxygen atoms in total. The van der Waals surface area contributed by atoms with Crippen molar-refractivity contribution >= 4 is 17.0 Å². The topological polar surface area (TPSA) is 56.7 Å². The van der Waals surface area contributed by atoms with Crippen molar-refractivity contribution in [3.8, 4) is 0 Å². The lowest BCUT2D eigenvalue weighted by Crippen LogP contribution is -2.03. The molecule has 4 heteroatoms. The molecule has 0 unspecified atom stereocenters. The fraction of sp³-hybridized carbons (Fsp3) is 0.500. The van der Waals surface area contributed by atoms with Gasteiger partial charge in [-0.2, -0.15) is 0 Å². The van der Waals surface area contributed by atoms with Crippen molar-refractivity contribution in [1.82, 2.24) is 14.5 Å². The van der Waals surface area contributed by atoms with Crippen LogP contribution in [-0.4, -0.2) is 14.5 Å². The Balaban J connectivity index is 2.13. The highest BCUT2D eigenvalue weighted by Gasteiger charge is 2.06. The summed E-state index contributed by atoms with van der Waals surface area (Å²) in [5.74, 6) is 0.597. The van der Waals surface area contributed by atoms with E-state index in [0.717, 1.165) is 24.0 Å². The number of nitrogens with zero attached hydrogens (tertiary/aromatic N) is 3. The summed E-state index contributed by atoms with van der Waals surface area (Å²) in [6, 6.07) is 1.97. The Kier molecular flexibility index (Phi) is 3.39. The smallest absolute Gasteiger partial charge is 0.201 e. The van der Waals surface area contributed by atoms with Gasteiger partial charge in [-0.05, 0) is 12.5 Å². The second-order valence-electron chi connectivity index (χ2n) is 4.05. The van der Waals surface area contributed by atoms with Crippen LogP contribution in [0.3, 0.4) is 0 Å². The number of pyridine rings is 1. The number of hydrogen-bond donors (Lipinski definition) is 1. The van der Waals surface area contributed by atoms with Gasteiger partial charge in [-0.25, -0.2) is 4.98 Å². The first kappa shape index (κ1) is 10.9. The number of anilines is 1. The van der Waals surface area contributed by atoms with Gasteiger partial charge in [0.2, 0.25) is 5.95 Å². The highest BCUT2D eigenvalue weighted by Crippen LogP contribution is 2.17. The van der Waals surface area contributed by atoms with Crippen molar-refractivity contribution in [3.63, 3.8) is 0 Å². The Labute approximate surface area is 95.5 Å². The monoisotopic (exact) mass is 218 g/mol. The maximum Gasteiger partial charge on any atom is 0.201 e. The summed E-state index contributed by atoms with van der Waals surface area (Å²) in [6.45, 7) is 3.17. The largest absolute Gasteiger partial charge is 0.369 e. The van der Waals surface area contributed by atoms with E-state index >= 15 is 0 Å². The van der Waals surface area contributed by atoms with Crippen LogP contribution in [0.1, 0.15) is 32.6 Å². The summed E-state index contributed by atoms with van der Waals surface area (Å²) in [5.41, 5.74) is 7.86. The molecule has 0 aromatic carbocycles. The molecule has 2 aromatic rings. The summed E-state index contributed by atoms with van der Waals surface area (Å²) in [7, 11) is 0. The summed E-state index contributed by atoms with van der Waals surface area (Å²) in [5, 5.41) is 0. The molecule has 0 fully saturated rings. The van der Waals surface area contributed by atoms with E-state index in [4.69, 9.17) is 5.73 Å². The number of nitrogen functional groups attached to an aromatic ring is 1. The molecule has 0 radical (unpaired) electrons. The molecule has 0 bridgehead atoms. The Hall–Kier alpha value is -1.58. The SMILES string of the molecule is CCCCCCn1c(N)nc2cnccc21. The quantitative estimate of drug-likeness (QED) is 0.785. The zero-order chi connectivity index (χ0) is 11.4. The van der Waals surface area contributed by atoms with Crippen molar-refractivity contribution in [2.24, 2.45) is 0 Å². The molecule has 0 aliphatic rings. The minimum absolute atomic E-state index is 0.597. The van der Waals surface area contributed by atoms with Crippen LogP contribution < -0.4 is 5.73 Å². The summed E-state index contributed by atoms with van der Waals surface area (Å²) < 4.78 is 2.08. The van der Waals surface area contributed by atoms with Gasteiger partial charge in [-0.1, -0.05) is 26.2 Å². The molecular formula is C12H18N4. The minimum Gasteiger partial charge on any atom is -0.369 e. The van der Waals surface area contributed by atoms with Crippen LogP contribution in [0.5, 0.6) is 0 Å². The fourth-order valence-corrected chi connectivity index (χ4v) is 1.93. The number of fused-ring (bicyclic) bond motifs is 1. The van der Waals surface area contributed by atoms with Gasteiger partial charge in [0, 0.05) is 12.7 Å². The Morgan fingerprint density at radius 2 is 2.19 bits per heavy atom. The van der Waals surface area contributed by atoms with Gasteiger partial charge in [0.1, 0.15) is 5.52 Å². The van der Waals surface area contributed by atoms with Gasteiger partial charge in [0.05, 0.1) is 11.7 Å². The van der Waals surface area contributed by atoms with E-state index in [9.17, 15) is 0 Å². The minimum atomic E-state index is 0.597. The Morgan fingerprint density at radius 1 is 1.31 bits per heavy atom.